The molecule has 0 aromatic heterocycles. The number of hydrogen-bond donors (Lipinski definition) is 0. The van der Waals surface area contributed by atoms with Crippen LogP contribution in [0.3, 0.4) is 0 Å². The van der Waals surface area contributed by atoms with E-state index in [2.05, 4.69) is 150 Å². The Bertz CT molecular complexity index is 1890. The summed E-state index contributed by atoms with van der Waals surface area (Å²) in [4.78, 5) is 10.2. The van der Waals surface area contributed by atoms with Crippen molar-refractivity contribution in [1.29, 1.82) is 0 Å². The first-order chi connectivity index (χ1) is 22.2. The van der Waals surface area contributed by atoms with E-state index in [0.29, 0.717) is 25.0 Å². The Balaban J connectivity index is 0.00000104. The van der Waals surface area contributed by atoms with Crippen LogP contribution in [0.2, 0.25) is 0 Å². The molecule has 0 saturated heterocycles. The molecule has 7 heteroatoms. The quantitative estimate of drug-likeness (QED) is 0.176. The summed E-state index contributed by atoms with van der Waals surface area (Å²) in [6.07, 6.45) is 0. The SMILES string of the molecule is [Br][Co][Br].c1ccc(C2COC(c3ccc4ccccc4c3-c3c(C4=NC(c5ccccc5)CO4)ccc4ccccc34)=N2)cc1. The number of rotatable bonds is 5. The fourth-order valence-corrected chi connectivity index (χ4v) is 6.17. The summed E-state index contributed by atoms with van der Waals surface area (Å²) < 4.78 is 12.7. The Morgan fingerprint density at radius 1 is 0.489 bits per heavy atom. The normalized spacial score (nSPS) is 17.3. The van der Waals surface area contributed by atoms with Crippen LogP contribution in [0.1, 0.15) is 34.3 Å². The Morgan fingerprint density at radius 3 is 1.29 bits per heavy atom. The molecule has 2 aliphatic rings. The van der Waals surface area contributed by atoms with E-state index >= 15 is 0 Å². The van der Waals surface area contributed by atoms with Crippen molar-refractivity contribution in [3.63, 3.8) is 0 Å². The van der Waals surface area contributed by atoms with Crippen LogP contribution in [0.5, 0.6) is 0 Å². The van der Waals surface area contributed by atoms with E-state index in [0.717, 1.165) is 66.0 Å². The van der Waals surface area contributed by atoms with Crippen molar-refractivity contribution in [1.82, 2.24) is 0 Å². The zero-order valence-electron chi connectivity index (χ0n) is 24.1. The standard InChI is InChI=1S/C38H28N2O2.2BrH.Co/c1-3-13-27(14-4-1)33-23-41-37(39-33)31-21-19-25-11-7-9-17-29(25)35(31)36-30-18-10-8-12-26(30)20-22-32(36)38-40-34(24-42-38)28-15-5-2-6-16-28;;;/h1-22,33-34H,23-24H2;2*1H;/q;;;+2/p-2. The molecule has 0 fully saturated rings. The van der Waals surface area contributed by atoms with Crippen molar-refractivity contribution in [3.8, 4) is 11.1 Å². The van der Waals surface area contributed by atoms with Crippen molar-refractivity contribution >= 4 is 61.7 Å². The molecule has 6 aromatic rings. The van der Waals surface area contributed by atoms with Gasteiger partial charge < -0.3 is 9.47 Å². The summed E-state index contributed by atoms with van der Waals surface area (Å²) in [6.45, 7) is 1.03. The summed E-state index contributed by atoms with van der Waals surface area (Å²) in [7, 11) is 0. The largest absolute Gasteiger partial charge is 0.475 e. The summed E-state index contributed by atoms with van der Waals surface area (Å²) in [6, 6.07) is 46.3. The molecule has 0 amide bonds. The average Bonchev–Trinajstić information content (AvgIpc) is 3.80. The minimum absolute atomic E-state index is 0.0401. The van der Waals surface area contributed by atoms with Gasteiger partial charge in [0.25, 0.3) is 0 Å². The summed E-state index contributed by atoms with van der Waals surface area (Å²) in [5, 5.41) is 4.59. The van der Waals surface area contributed by atoms with Crippen molar-refractivity contribution in [2.24, 2.45) is 9.98 Å². The maximum absolute atomic E-state index is 6.36. The maximum Gasteiger partial charge on any atom is 0.217 e. The molecule has 2 atom stereocenters. The third kappa shape index (κ3) is 6.10. The Hall–Kier alpha value is -3.75. The van der Waals surface area contributed by atoms with Crippen LogP contribution in [0.15, 0.2) is 143 Å². The predicted molar refractivity (Wildman–Crippen MR) is 188 cm³/mol. The first kappa shape index (κ1) is 29.9. The van der Waals surface area contributed by atoms with Gasteiger partial charge >= 0.3 is 39.5 Å². The second-order valence-corrected chi connectivity index (χ2v) is 16.1. The van der Waals surface area contributed by atoms with Gasteiger partial charge in [0, 0.05) is 22.3 Å². The average molecular weight is 763 g/mol. The van der Waals surface area contributed by atoms with Crippen LogP contribution < -0.4 is 0 Å². The molecule has 8 rings (SSSR count). The van der Waals surface area contributed by atoms with Gasteiger partial charge in [0.15, 0.2) is 0 Å². The zero-order valence-corrected chi connectivity index (χ0v) is 28.3. The maximum atomic E-state index is 6.36. The van der Waals surface area contributed by atoms with Gasteiger partial charge in [-0.3, -0.25) is 0 Å². The smallest absolute Gasteiger partial charge is 0.217 e. The summed E-state index contributed by atoms with van der Waals surface area (Å²) in [5.74, 6) is 1.33. The Kier molecular flexibility index (Phi) is 9.12. The Labute approximate surface area is 282 Å². The molecule has 0 saturated carbocycles. The van der Waals surface area contributed by atoms with Crippen molar-refractivity contribution < 1.29 is 20.6 Å². The van der Waals surface area contributed by atoms with Crippen LogP contribution in [0.25, 0.3) is 32.7 Å². The number of aliphatic imine (C=N–C) groups is 2. The molecule has 0 N–H and O–H groups in total. The summed E-state index contributed by atoms with van der Waals surface area (Å²) in [5.41, 5.74) is 6.43. The molecule has 0 spiro atoms. The van der Waals surface area contributed by atoms with Gasteiger partial charge in [-0.15, -0.1) is 0 Å². The van der Waals surface area contributed by atoms with Gasteiger partial charge in [0.1, 0.15) is 25.3 Å². The second-order valence-electron chi connectivity index (χ2n) is 10.8. The van der Waals surface area contributed by atoms with E-state index in [1.165, 1.54) is 0 Å². The second kappa shape index (κ2) is 13.7. The van der Waals surface area contributed by atoms with E-state index in [1.54, 1.807) is 0 Å². The van der Waals surface area contributed by atoms with E-state index < -0.39 is 0 Å². The molecule has 2 heterocycles. The van der Waals surface area contributed by atoms with Crippen molar-refractivity contribution in [2.75, 3.05) is 13.2 Å². The van der Waals surface area contributed by atoms with E-state index in [9.17, 15) is 0 Å². The molecular weight excluding hydrogens is 735 g/mol. The van der Waals surface area contributed by atoms with Crippen LogP contribution in [0.4, 0.5) is 0 Å². The molecule has 4 nitrogen and oxygen atoms in total. The molecular formula is C38H28Br2CoN2O2. The number of benzene rings is 6. The minimum Gasteiger partial charge on any atom is -0.475 e. The number of halogens is 2. The molecule has 0 bridgehead atoms. The van der Waals surface area contributed by atoms with Gasteiger partial charge in [-0.25, -0.2) is 9.98 Å². The molecule has 225 valence electrons. The van der Waals surface area contributed by atoms with Crippen molar-refractivity contribution in [2.45, 2.75) is 12.1 Å². The number of ether oxygens (including phenoxy) is 2. The summed E-state index contributed by atoms with van der Waals surface area (Å²) >= 11 is 7.12. The van der Waals surface area contributed by atoms with Gasteiger partial charge in [-0.05, 0) is 44.8 Å². The molecule has 2 aliphatic heterocycles. The van der Waals surface area contributed by atoms with Gasteiger partial charge in [-0.1, -0.05) is 121 Å². The first-order valence-corrected chi connectivity index (χ1v) is 19.8. The number of nitrogens with zero attached hydrogens (tertiary/aromatic N) is 2. The van der Waals surface area contributed by atoms with E-state index in [4.69, 9.17) is 19.5 Å². The molecule has 2 unspecified atom stereocenters. The van der Waals surface area contributed by atoms with Gasteiger partial charge in [-0.2, -0.15) is 0 Å². The fraction of sp³-hybridized carbons (Fsp3) is 0.105. The topological polar surface area (TPSA) is 43.2 Å². The predicted octanol–water partition coefficient (Wildman–Crippen LogP) is 10.4. The minimum atomic E-state index is -0.0401. The molecule has 0 aliphatic carbocycles. The van der Waals surface area contributed by atoms with Crippen LogP contribution in [-0.4, -0.2) is 25.0 Å². The zero-order chi connectivity index (χ0) is 30.6. The molecule has 0 radical (unpaired) electrons. The monoisotopic (exact) mass is 761 g/mol. The van der Waals surface area contributed by atoms with Crippen LogP contribution >= 0.6 is 28.3 Å². The third-order valence-corrected chi connectivity index (χ3v) is 8.24. The Morgan fingerprint density at radius 2 is 0.867 bits per heavy atom. The van der Waals surface area contributed by atoms with Crippen LogP contribution in [0, 0.1) is 0 Å². The van der Waals surface area contributed by atoms with E-state index in [-0.39, 0.29) is 12.1 Å². The molecule has 45 heavy (non-hydrogen) atoms. The molecule has 6 aromatic carbocycles. The first-order valence-electron chi connectivity index (χ1n) is 14.6. The van der Waals surface area contributed by atoms with E-state index in [1.807, 2.05) is 12.1 Å². The third-order valence-electron chi connectivity index (χ3n) is 8.24. The van der Waals surface area contributed by atoms with Gasteiger partial charge in [0.05, 0.1) is 0 Å². The number of fused-ring (bicyclic) bond motifs is 2. The van der Waals surface area contributed by atoms with Crippen LogP contribution in [-0.2, 0) is 20.6 Å². The van der Waals surface area contributed by atoms with Crippen molar-refractivity contribution in [3.05, 3.63) is 156 Å². The van der Waals surface area contributed by atoms with Gasteiger partial charge in [0.2, 0.25) is 11.8 Å². The fourth-order valence-electron chi connectivity index (χ4n) is 6.17. The number of hydrogen-bond acceptors (Lipinski definition) is 4.